The van der Waals surface area contributed by atoms with Crippen LogP contribution >= 0.6 is 11.8 Å². The highest BCUT2D eigenvalue weighted by Gasteiger charge is 2.36. The first-order chi connectivity index (χ1) is 13.8. The van der Waals surface area contributed by atoms with Crippen molar-refractivity contribution >= 4 is 40.6 Å². The molecule has 2 aromatic carbocycles. The Morgan fingerprint density at radius 1 is 1.17 bits per heavy atom. The number of hydrogen-bond donors (Lipinski definition) is 1. The molecule has 0 bridgehead atoms. The minimum Gasteiger partial charge on any atom is -0.484 e. The summed E-state index contributed by atoms with van der Waals surface area (Å²) in [7, 11) is 0. The summed E-state index contributed by atoms with van der Waals surface area (Å²) in [5.74, 6) is -0.681. The first-order valence-electron chi connectivity index (χ1n) is 8.34. The van der Waals surface area contributed by atoms with Crippen LogP contribution in [0.1, 0.15) is 11.1 Å². The number of amides is 3. The third-order valence-electron chi connectivity index (χ3n) is 3.95. The lowest BCUT2D eigenvalue weighted by molar-refractivity contribution is -0.385. The molecule has 0 radical (unpaired) electrons. The van der Waals surface area contributed by atoms with Gasteiger partial charge in [0, 0.05) is 11.6 Å². The summed E-state index contributed by atoms with van der Waals surface area (Å²) in [5, 5.41) is 10.6. The molecule has 1 heterocycles. The molecular weight excluding hydrogens is 398 g/mol. The average Bonchev–Trinajstić information content (AvgIpc) is 2.95. The van der Waals surface area contributed by atoms with Crippen LogP contribution in [0.5, 0.6) is 5.75 Å². The summed E-state index contributed by atoms with van der Waals surface area (Å²) in [6, 6.07) is 12.5. The van der Waals surface area contributed by atoms with E-state index in [-0.39, 0.29) is 29.3 Å². The van der Waals surface area contributed by atoms with E-state index in [9.17, 15) is 24.5 Å². The number of nitrogens with two attached hydrogens (primary N) is 1. The second-order valence-corrected chi connectivity index (χ2v) is 6.97. The lowest BCUT2D eigenvalue weighted by Gasteiger charge is -2.12. The van der Waals surface area contributed by atoms with E-state index in [4.69, 9.17) is 10.5 Å². The van der Waals surface area contributed by atoms with Crippen LogP contribution in [0.2, 0.25) is 0 Å². The van der Waals surface area contributed by atoms with Crippen molar-refractivity contribution in [1.82, 2.24) is 4.90 Å². The second kappa shape index (κ2) is 8.57. The Morgan fingerprint density at radius 3 is 2.52 bits per heavy atom. The fourth-order valence-corrected chi connectivity index (χ4v) is 3.43. The minimum absolute atomic E-state index is 0.151. The summed E-state index contributed by atoms with van der Waals surface area (Å²) in [5.41, 5.74) is 5.78. The maximum absolute atomic E-state index is 12.6. The van der Waals surface area contributed by atoms with Gasteiger partial charge < -0.3 is 10.5 Å². The lowest BCUT2D eigenvalue weighted by Crippen LogP contribution is -2.27. The van der Waals surface area contributed by atoms with Crippen molar-refractivity contribution in [3.8, 4) is 5.75 Å². The molecule has 148 valence electrons. The molecule has 0 aromatic heterocycles. The Bertz CT molecular complexity index is 1020. The first kappa shape index (κ1) is 20.1. The predicted octanol–water partition coefficient (Wildman–Crippen LogP) is 2.70. The summed E-state index contributed by atoms with van der Waals surface area (Å²) in [4.78, 5) is 47.4. The van der Waals surface area contributed by atoms with Crippen molar-refractivity contribution in [2.75, 3.05) is 6.61 Å². The van der Waals surface area contributed by atoms with Gasteiger partial charge in [0.05, 0.1) is 16.4 Å². The number of thioether (sulfide) groups is 1. The third kappa shape index (κ3) is 4.79. The summed E-state index contributed by atoms with van der Waals surface area (Å²) < 4.78 is 5.16. The fourth-order valence-electron chi connectivity index (χ4n) is 2.60. The van der Waals surface area contributed by atoms with Gasteiger partial charge in [-0.2, -0.15) is 0 Å². The standard InChI is InChI=1S/C19H15N3O6S/c20-17(23)11-28-14-7-5-12(6-8-14)9-16-18(24)21(19(25)29-16)10-13-3-1-2-4-15(13)22(26)27/h1-9H,10-11H2,(H2,20,23)/b16-9-. The molecule has 9 nitrogen and oxygen atoms in total. The van der Waals surface area contributed by atoms with Gasteiger partial charge in [0.1, 0.15) is 5.75 Å². The summed E-state index contributed by atoms with van der Waals surface area (Å²) in [6.45, 7) is -0.428. The topological polar surface area (TPSA) is 133 Å². The molecule has 3 rings (SSSR count). The third-order valence-corrected chi connectivity index (χ3v) is 4.86. The molecule has 10 heteroatoms. The highest BCUT2D eigenvalue weighted by atomic mass is 32.2. The van der Waals surface area contributed by atoms with Crippen molar-refractivity contribution in [3.63, 3.8) is 0 Å². The van der Waals surface area contributed by atoms with E-state index in [1.165, 1.54) is 18.2 Å². The number of hydrogen-bond acceptors (Lipinski definition) is 7. The van der Waals surface area contributed by atoms with Crippen LogP contribution in [0.4, 0.5) is 10.5 Å². The van der Waals surface area contributed by atoms with Gasteiger partial charge in [-0.1, -0.05) is 30.3 Å². The zero-order chi connectivity index (χ0) is 21.0. The van der Waals surface area contributed by atoms with Gasteiger partial charge in [0.25, 0.3) is 22.7 Å². The normalized spacial score (nSPS) is 15.0. The predicted molar refractivity (Wildman–Crippen MR) is 106 cm³/mol. The Labute approximate surface area is 169 Å². The van der Waals surface area contributed by atoms with Crippen LogP contribution in [0, 0.1) is 10.1 Å². The van der Waals surface area contributed by atoms with Gasteiger partial charge in [-0.25, -0.2) is 0 Å². The fraction of sp³-hybridized carbons (Fsp3) is 0.105. The Balaban J connectivity index is 1.75. The molecule has 1 saturated heterocycles. The smallest absolute Gasteiger partial charge is 0.293 e. The van der Waals surface area contributed by atoms with Crippen LogP contribution in [0.3, 0.4) is 0 Å². The van der Waals surface area contributed by atoms with E-state index >= 15 is 0 Å². The van der Waals surface area contributed by atoms with E-state index in [1.807, 2.05) is 0 Å². The quantitative estimate of drug-likeness (QED) is 0.419. The number of imide groups is 1. The number of nitro benzene ring substituents is 1. The van der Waals surface area contributed by atoms with E-state index in [0.29, 0.717) is 11.3 Å². The summed E-state index contributed by atoms with van der Waals surface area (Å²) >= 11 is 0.765. The average molecular weight is 413 g/mol. The van der Waals surface area contributed by atoms with Crippen molar-refractivity contribution in [3.05, 3.63) is 74.7 Å². The van der Waals surface area contributed by atoms with Crippen molar-refractivity contribution in [2.24, 2.45) is 5.73 Å². The van der Waals surface area contributed by atoms with Gasteiger partial charge in [-0.15, -0.1) is 0 Å². The number of nitrogens with zero attached hydrogens (tertiary/aromatic N) is 2. The Morgan fingerprint density at radius 2 is 1.86 bits per heavy atom. The molecule has 1 fully saturated rings. The Hall–Kier alpha value is -3.66. The highest BCUT2D eigenvalue weighted by Crippen LogP contribution is 2.34. The number of ether oxygens (including phenoxy) is 1. The van der Waals surface area contributed by atoms with Gasteiger partial charge in [-0.3, -0.25) is 29.4 Å². The van der Waals surface area contributed by atoms with E-state index in [2.05, 4.69) is 0 Å². The van der Waals surface area contributed by atoms with Gasteiger partial charge >= 0.3 is 0 Å². The molecule has 3 amide bonds. The van der Waals surface area contributed by atoms with Crippen molar-refractivity contribution in [1.29, 1.82) is 0 Å². The lowest BCUT2D eigenvalue weighted by atomic mass is 10.1. The molecular formula is C19H15N3O6S. The van der Waals surface area contributed by atoms with Crippen LogP contribution in [0.25, 0.3) is 6.08 Å². The van der Waals surface area contributed by atoms with E-state index in [1.54, 1.807) is 36.4 Å². The number of benzene rings is 2. The summed E-state index contributed by atoms with van der Waals surface area (Å²) in [6.07, 6.45) is 1.54. The van der Waals surface area contributed by atoms with Crippen LogP contribution < -0.4 is 10.5 Å². The molecule has 0 spiro atoms. The van der Waals surface area contributed by atoms with E-state index < -0.39 is 22.0 Å². The number of carbonyl (C=O) groups is 3. The molecule has 2 N–H and O–H groups in total. The molecule has 1 aliphatic heterocycles. The maximum atomic E-state index is 12.6. The second-order valence-electron chi connectivity index (χ2n) is 5.98. The van der Waals surface area contributed by atoms with Crippen LogP contribution in [0.15, 0.2) is 53.4 Å². The first-order valence-corrected chi connectivity index (χ1v) is 9.15. The molecule has 2 aromatic rings. The van der Waals surface area contributed by atoms with E-state index in [0.717, 1.165) is 16.7 Å². The van der Waals surface area contributed by atoms with Gasteiger partial charge in [0.2, 0.25) is 0 Å². The van der Waals surface area contributed by atoms with Crippen molar-refractivity contribution < 1.29 is 24.0 Å². The monoisotopic (exact) mass is 413 g/mol. The zero-order valence-electron chi connectivity index (χ0n) is 14.9. The highest BCUT2D eigenvalue weighted by molar-refractivity contribution is 8.18. The molecule has 29 heavy (non-hydrogen) atoms. The van der Waals surface area contributed by atoms with Crippen molar-refractivity contribution in [2.45, 2.75) is 6.54 Å². The molecule has 1 aliphatic rings. The molecule has 0 saturated carbocycles. The van der Waals surface area contributed by atoms with Gasteiger partial charge in [-0.05, 0) is 35.5 Å². The largest absolute Gasteiger partial charge is 0.484 e. The number of rotatable bonds is 7. The SMILES string of the molecule is NC(=O)COc1ccc(/C=C2\SC(=O)N(Cc3ccccc3[N+](=O)[O-])C2=O)cc1. The minimum atomic E-state index is -0.596. The maximum Gasteiger partial charge on any atom is 0.293 e. The number of primary amides is 1. The number of carbonyl (C=O) groups excluding carboxylic acids is 3. The molecule has 0 aliphatic carbocycles. The van der Waals surface area contributed by atoms with Gasteiger partial charge in [0.15, 0.2) is 6.61 Å². The van der Waals surface area contributed by atoms with Crippen LogP contribution in [-0.2, 0) is 16.1 Å². The Kier molecular flexibility index (Phi) is 5.93. The zero-order valence-corrected chi connectivity index (χ0v) is 15.8. The molecule has 0 atom stereocenters. The number of para-hydroxylation sites is 1. The van der Waals surface area contributed by atoms with Crippen LogP contribution in [-0.4, -0.2) is 33.5 Å². The molecule has 0 unspecified atom stereocenters. The number of nitro groups is 1.